The second-order valence-corrected chi connectivity index (χ2v) is 4.51. The fourth-order valence-electron chi connectivity index (χ4n) is 2.06. The molecule has 0 amide bonds. The first-order valence-corrected chi connectivity index (χ1v) is 6.01. The largest absolute Gasteiger partial charge is 0.392 e. The van der Waals surface area contributed by atoms with E-state index < -0.39 is 0 Å². The lowest BCUT2D eigenvalue weighted by Crippen LogP contribution is -2.18. The number of aromatic nitrogens is 1. The van der Waals surface area contributed by atoms with Crippen LogP contribution in [0.5, 0.6) is 0 Å². The summed E-state index contributed by atoms with van der Waals surface area (Å²) >= 11 is 0. The van der Waals surface area contributed by atoms with Gasteiger partial charge in [-0.25, -0.2) is 0 Å². The van der Waals surface area contributed by atoms with Crippen LogP contribution in [-0.4, -0.2) is 17.1 Å². The van der Waals surface area contributed by atoms with Gasteiger partial charge in [-0.05, 0) is 18.6 Å². The van der Waals surface area contributed by atoms with Gasteiger partial charge >= 0.3 is 0 Å². The molecule has 3 heteroatoms. The van der Waals surface area contributed by atoms with Gasteiger partial charge in [-0.15, -0.1) is 0 Å². The highest BCUT2D eigenvalue weighted by Gasteiger charge is 2.07. The second-order valence-electron chi connectivity index (χ2n) is 4.51. The van der Waals surface area contributed by atoms with Crippen LogP contribution in [-0.2, 0) is 13.2 Å². The number of benzene rings is 1. The molecule has 0 unspecified atom stereocenters. The highest BCUT2D eigenvalue weighted by Crippen LogP contribution is 2.20. The van der Waals surface area contributed by atoms with Crippen molar-refractivity contribution < 1.29 is 5.11 Å². The van der Waals surface area contributed by atoms with Crippen LogP contribution in [0.25, 0.3) is 0 Å². The summed E-state index contributed by atoms with van der Waals surface area (Å²) in [7, 11) is 2.01. The summed E-state index contributed by atoms with van der Waals surface area (Å²) < 4.78 is 0. The Bertz CT molecular complexity index is 525. The van der Waals surface area contributed by atoms with Gasteiger partial charge in [0.1, 0.15) is 0 Å². The van der Waals surface area contributed by atoms with Crippen LogP contribution in [0.4, 0.5) is 5.69 Å². The molecule has 0 spiro atoms. The highest BCUT2D eigenvalue weighted by atomic mass is 16.3. The van der Waals surface area contributed by atoms with E-state index in [9.17, 15) is 5.11 Å². The summed E-state index contributed by atoms with van der Waals surface area (Å²) in [6.45, 7) is 2.93. The molecule has 2 aromatic rings. The topological polar surface area (TPSA) is 36.4 Å². The zero-order valence-corrected chi connectivity index (χ0v) is 10.8. The first-order chi connectivity index (χ1) is 8.70. The predicted molar refractivity (Wildman–Crippen MR) is 73.4 cm³/mol. The number of hydrogen-bond acceptors (Lipinski definition) is 3. The molecule has 0 atom stereocenters. The van der Waals surface area contributed by atoms with Gasteiger partial charge in [0, 0.05) is 25.4 Å². The minimum Gasteiger partial charge on any atom is -0.392 e. The van der Waals surface area contributed by atoms with E-state index in [1.54, 1.807) is 12.4 Å². The van der Waals surface area contributed by atoms with Crippen molar-refractivity contribution in [3.8, 4) is 0 Å². The Balaban J connectivity index is 2.19. The number of pyridine rings is 1. The van der Waals surface area contributed by atoms with E-state index in [1.165, 1.54) is 11.1 Å². The Morgan fingerprint density at radius 1 is 1.28 bits per heavy atom. The lowest BCUT2D eigenvalue weighted by Gasteiger charge is -2.21. The fourth-order valence-corrected chi connectivity index (χ4v) is 2.06. The number of aliphatic hydroxyl groups excluding tert-OH is 1. The first-order valence-electron chi connectivity index (χ1n) is 6.01. The Morgan fingerprint density at radius 3 is 2.83 bits per heavy atom. The van der Waals surface area contributed by atoms with Crippen LogP contribution in [0.3, 0.4) is 0 Å². The van der Waals surface area contributed by atoms with E-state index in [0.717, 1.165) is 17.8 Å². The molecular formula is C15H18N2O. The van der Waals surface area contributed by atoms with E-state index in [-0.39, 0.29) is 6.61 Å². The molecule has 0 fully saturated rings. The number of hydrogen-bond donors (Lipinski definition) is 1. The van der Waals surface area contributed by atoms with Gasteiger partial charge in [0.05, 0.1) is 18.5 Å². The lowest BCUT2D eigenvalue weighted by molar-refractivity contribution is 0.282. The quantitative estimate of drug-likeness (QED) is 0.895. The molecule has 0 aliphatic rings. The zero-order valence-electron chi connectivity index (χ0n) is 10.8. The minimum atomic E-state index is 0.0377. The van der Waals surface area contributed by atoms with Crippen LogP contribution in [0.1, 0.15) is 16.7 Å². The van der Waals surface area contributed by atoms with Crippen molar-refractivity contribution in [3.05, 3.63) is 59.4 Å². The molecule has 94 valence electrons. The summed E-state index contributed by atoms with van der Waals surface area (Å²) in [4.78, 5) is 6.23. The predicted octanol–water partition coefficient (Wildman–Crippen LogP) is 2.52. The third-order valence-electron chi connectivity index (χ3n) is 2.97. The van der Waals surface area contributed by atoms with Crippen LogP contribution >= 0.6 is 0 Å². The van der Waals surface area contributed by atoms with Crippen molar-refractivity contribution in [3.63, 3.8) is 0 Å². The van der Waals surface area contributed by atoms with E-state index >= 15 is 0 Å². The SMILES string of the molecule is Cc1cccc(CN(C)c2cnccc2CO)c1. The van der Waals surface area contributed by atoms with Gasteiger partial charge in [0.2, 0.25) is 0 Å². The monoisotopic (exact) mass is 242 g/mol. The maximum atomic E-state index is 9.32. The van der Waals surface area contributed by atoms with E-state index in [4.69, 9.17) is 0 Å². The van der Waals surface area contributed by atoms with Crippen molar-refractivity contribution in [2.75, 3.05) is 11.9 Å². The molecule has 2 rings (SSSR count). The highest BCUT2D eigenvalue weighted by molar-refractivity contribution is 5.51. The molecule has 18 heavy (non-hydrogen) atoms. The third-order valence-corrected chi connectivity index (χ3v) is 2.97. The minimum absolute atomic E-state index is 0.0377. The second kappa shape index (κ2) is 5.65. The van der Waals surface area contributed by atoms with Crippen molar-refractivity contribution in [2.24, 2.45) is 0 Å². The molecule has 1 aromatic carbocycles. The molecule has 1 aromatic heterocycles. The van der Waals surface area contributed by atoms with E-state index in [2.05, 4.69) is 41.1 Å². The third kappa shape index (κ3) is 2.87. The number of rotatable bonds is 4. The fraction of sp³-hybridized carbons (Fsp3) is 0.267. The van der Waals surface area contributed by atoms with E-state index in [1.807, 2.05) is 13.1 Å². The first kappa shape index (κ1) is 12.6. The standard InChI is InChI=1S/C15H18N2O/c1-12-4-3-5-13(8-12)10-17(2)15-9-16-7-6-14(15)11-18/h3-9,18H,10-11H2,1-2H3. The summed E-state index contributed by atoms with van der Waals surface area (Å²) in [6, 6.07) is 10.3. The molecule has 1 heterocycles. The van der Waals surface area contributed by atoms with E-state index in [0.29, 0.717) is 0 Å². The average Bonchev–Trinajstić information content (AvgIpc) is 2.38. The molecular weight excluding hydrogens is 224 g/mol. The molecule has 1 N–H and O–H groups in total. The molecule has 0 saturated carbocycles. The Labute approximate surface area is 108 Å². The average molecular weight is 242 g/mol. The molecule has 0 bridgehead atoms. The van der Waals surface area contributed by atoms with Gasteiger partial charge in [0.15, 0.2) is 0 Å². The number of nitrogens with zero attached hydrogens (tertiary/aromatic N) is 2. The Kier molecular flexibility index (Phi) is 3.95. The summed E-state index contributed by atoms with van der Waals surface area (Å²) in [5.74, 6) is 0. The number of aliphatic hydroxyl groups is 1. The lowest BCUT2D eigenvalue weighted by atomic mass is 10.1. The Morgan fingerprint density at radius 2 is 2.11 bits per heavy atom. The number of aryl methyl sites for hydroxylation is 1. The van der Waals surface area contributed by atoms with Crippen molar-refractivity contribution in [1.82, 2.24) is 4.98 Å². The maximum absolute atomic E-state index is 9.32. The zero-order chi connectivity index (χ0) is 13.0. The summed E-state index contributed by atoms with van der Waals surface area (Å²) in [6.07, 6.45) is 3.50. The summed E-state index contributed by atoms with van der Waals surface area (Å²) in [5, 5.41) is 9.32. The molecule has 0 aliphatic heterocycles. The Hall–Kier alpha value is -1.87. The van der Waals surface area contributed by atoms with Crippen LogP contribution in [0.15, 0.2) is 42.7 Å². The van der Waals surface area contributed by atoms with Crippen molar-refractivity contribution in [2.45, 2.75) is 20.1 Å². The van der Waals surface area contributed by atoms with Gasteiger partial charge in [0.25, 0.3) is 0 Å². The molecule has 0 radical (unpaired) electrons. The van der Waals surface area contributed by atoms with Gasteiger partial charge in [-0.1, -0.05) is 29.8 Å². The van der Waals surface area contributed by atoms with Gasteiger partial charge < -0.3 is 10.0 Å². The maximum Gasteiger partial charge on any atom is 0.0703 e. The molecule has 0 saturated heterocycles. The van der Waals surface area contributed by atoms with Crippen LogP contribution in [0, 0.1) is 6.92 Å². The molecule has 0 aliphatic carbocycles. The van der Waals surface area contributed by atoms with Crippen molar-refractivity contribution >= 4 is 5.69 Å². The smallest absolute Gasteiger partial charge is 0.0703 e. The van der Waals surface area contributed by atoms with Crippen LogP contribution < -0.4 is 4.90 Å². The van der Waals surface area contributed by atoms with Gasteiger partial charge in [-0.2, -0.15) is 0 Å². The normalized spacial score (nSPS) is 10.4. The number of anilines is 1. The summed E-state index contributed by atoms with van der Waals surface area (Å²) in [5.41, 5.74) is 4.39. The van der Waals surface area contributed by atoms with Crippen molar-refractivity contribution in [1.29, 1.82) is 0 Å². The molecule has 3 nitrogen and oxygen atoms in total. The van der Waals surface area contributed by atoms with Gasteiger partial charge in [-0.3, -0.25) is 4.98 Å². The van der Waals surface area contributed by atoms with Crippen LogP contribution in [0.2, 0.25) is 0 Å².